The van der Waals surface area contributed by atoms with Crippen LogP contribution in [0.5, 0.6) is 0 Å². The number of nitrogens with zero attached hydrogens (tertiary/aromatic N) is 4. The van der Waals surface area contributed by atoms with E-state index >= 15 is 0 Å². The average molecular weight is 313 g/mol. The molecule has 2 aliphatic rings. The van der Waals surface area contributed by atoms with E-state index in [2.05, 4.69) is 33.2 Å². The molecule has 2 aliphatic heterocycles. The Balaban J connectivity index is 1.71. The van der Waals surface area contributed by atoms with Crippen LogP contribution in [-0.4, -0.2) is 60.1 Å². The molecule has 0 atom stereocenters. The Hall–Kier alpha value is -1.64. The Bertz CT molecular complexity index is 551. The van der Waals surface area contributed by atoms with Crippen LogP contribution in [0.2, 0.25) is 0 Å². The van der Waals surface area contributed by atoms with E-state index in [-0.39, 0.29) is 5.54 Å². The number of piperidine rings is 2. The number of likely N-dealkylation sites (tertiary alicyclic amines) is 2. The summed E-state index contributed by atoms with van der Waals surface area (Å²) in [6.45, 7) is 5.67. The molecule has 0 spiro atoms. The van der Waals surface area contributed by atoms with Crippen molar-refractivity contribution < 1.29 is 0 Å². The molecule has 1 aromatic heterocycles. The van der Waals surface area contributed by atoms with Gasteiger partial charge < -0.3 is 10.2 Å². The molecule has 0 radical (unpaired) electrons. The number of pyridine rings is 1. The highest BCUT2D eigenvalue weighted by atomic mass is 15.3. The van der Waals surface area contributed by atoms with Gasteiger partial charge in [0, 0.05) is 12.1 Å². The number of hydrogen-bond acceptors (Lipinski definition) is 5. The number of anilines is 1. The number of rotatable bonds is 4. The second-order valence-corrected chi connectivity index (χ2v) is 6.95. The van der Waals surface area contributed by atoms with Crippen molar-refractivity contribution in [3.8, 4) is 6.07 Å². The predicted molar refractivity (Wildman–Crippen MR) is 92.3 cm³/mol. The third-order valence-electron chi connectivity index (χ3n) is 5.41. The van der Waals surface area contributed by atoms with Gasteiger partial charge in [0.15, 0.2) is 0 Å². The molecule has 3 rings (SSSR count). The summed E-state index contributed by atoms with van der Waals surface area (Å²) in [7, 11) is 2.21. The van der Waals surface area contributed by atoms with Crippen LogP contribution in [-0.2, 0) is 0 Å². The summed E-state index contributed by atoms with van der Waals surface area (Å²) < 4.78 is 0. The second-order valence-electron chi connectivity index (χ2n) is 6.95. The minimum absolute atomic E-state index is 0.233. The van der Waals surface area contributed by atoms with Crippen molar-refractivity contribution in [3.63, 3.8) is 0 Å². The molecule has 5 nitrogen and oxygen atoms in total. The molecule has 0 amide bonds. The fourth-order valence-electron chi connectivity index (χ4n) is 3.86. The summed E-state index contributed by atoms with van der Waals surface area (Å²) in [5.74, 6) is 0.819. The predicted octanol–water partition coefficient (Wildman–Crippen LogP) is 2.32. The molecule has 0 saturated carbocycles. The molecule has 0 aromatic carbocycles. The summed E-state index contributed by atoms with van der Waals surface area (Å²) in [6.07, 6.45) is 6.41. The highest BCUT2D eigenvalue weighted by Gasteiger charge is 2.39. The van der Waals surface area contributed by atoms with Gasteiger partial charge in [-0.25, -0.2) is 4.98 Å². The number of hydrogen-bond donors (Lipinski definition) is 1. The first-order valence-electron chi connectivity index (χ1n) is 8.76. The van der Waals surface area contributed by atoms with Crippen molar-refractivity contribution in [2.24, 2.45) is 0 Å². The van der Waals surface area contributed by atoms with Gasteiger partial charge in [-0.3, -0.25) is 4.90 Å². The lowest BCUT2D eigenvalue weighted by Gasteiger charge is -2.50. The Labute approximate surface area is 139 Å². The first-order chi connectivity index (χ1) is 11.2. The lowest BCUT2D eigenvalue weighted by molar-refractivity contribution is 0.0234. The third-order valence-corrected chi connectivity index (χ3v) is 5.41. The van der Waals surface area contributed by atoms with E-state index in [1.165, 1.54) is 45.2 Å². The second kappa shape index (κ2) is 7.29. The fourth-order valence-corrected chi connectivity index (χ4v) is 3.86. The zero-order valence-electron chi connectivity index (χ0n) is 14.1. The van der Waals surface area contributed by atoms with Crippen LogP contribution in [0.3, 0.4) is 0 Å². The monoisotopic (exact) mass is 313 g/mol. The lowest BCUT2D eigenvalue weighted by Crippen LogP contribution is -2.59. The molecule has 5 heteroatoms. The number of nitriles is 1. The SMILES string of the molecule is CN1CCC(CNc2cccc(C#N)n2)(N2CCCCC2)CC1. The highest BCUT2D eigenvalue weighted by Crippen LogP contribution is 2.31. The van der Waals surface area contributed by atoms with Gasteiger partial charge >= 0.3 is 0 Å². The first kappa shape index (κ1) is 16.2. The van der Waals surface area contributed by atoms with Crippen molar-refractivity contribution in [2.75, 3.05) is 45.1 Å². The van der Waals surface area contributed by atoms with E-state index in [4.69, 9.17) is 5.26 Å². The van der Waals surface area contributed by atoms with Gasteiger partial charge in [-0.05, 0) is 71.0 Å². The maximum absolute atomic E-state index is 9.01. The van der Waals surface area contributed by atoms with E-state index < -0.39 is 0 Å². The fraction of sp³-hybridized carbons (Fsp3) is 0.667. The highest BCUT2D eigenvalue weighted by molar-refractivity contribution is 5.39. The zero-order chi connectivity index (χ0) is 16.1. The lowest BCUT2D eigenvalue weighted by atomic mass is 9.84. The van der Waals surface area contributed by atoms with Crippen LogP contribution < -0.4 is 5.32 Å². The maximum atomic E-state index is 9.01. The van der Waals surface area contributed by atoms with Crippen LogP contribution >= 0.6 is 0 Å². The van der Waals surface area contributed by atoms with Gasteiger partial charge in [-0.15, -0.1) is 0 Å². The summed E-state index contributed by atoms with van der Waals surface area (Å²) in [5.41, 5.74) is 0.711. The van der Waals surface area contributed by atoms with Crippen molar-refractivity contribution in [1.82, 2.24) is 14.8 Å². The third kappa shape index (κ3) is 3.82. The Morgan fingerprint density at radius 3 is 2.61 bits per heavy atom. The molecule has 0 aliphatic carbocycles. The molecule has 0 unspecified atom stereocenters. The summed E-state index contributed by atoms with van der Waals surface area (Å²) >= 11 is 0. The molecule has 0 bridgehead atoms. The van der Waals surface area contributed by atoms with Gasteiger partial charge in [0.2, 0.25) is 0 Å². The molecule has 1 N–H and O–H groups in total. The van der Waals surface area contributed by atoms with Gasteiger partial charge in [0.25, 0.3) is 0 Å². The zero-order valence-corrected chi connectivity index (χ0v) is 14.1. The molecule has 3 heterocycles. The molecular weight excluding hydrogens is 286 g/mol. The van der Waals surface area contributed by atoms with E-state index in [0.717, 1.165) is 25.5 Å². The van der Waals surface area contributed by atoms with Gasteiger partial charge in [-0.2, -0.15) is 5.26 Å². The van der Waals surface area contributed by atoms with E-state index in [0.29, 0.717) is 5.69 Å². The average Bonchev–Trinajstić information content (AvgIpc) is 2.62. The number of nitrogens with one attached hydrogen (secondary N) is 1. The van der Waals surface area contributed by atoms with Crippen molar-refractivity contribution in [3.05, 3.63) is 23.9 Å². The maximum Gasteiger partial charge on any atom is 0.142 e. The van der Waals surface area contributed by atoms with E-state index in [1.807, 2.05) is 12.1 Å². The Morgan fingerprint density at radius 1 is 1.17 bits per heavy atom. The van der Waals surface area contributed by atoms with Gasteiger partial charge in [-0.1, -0.05) is 12.5 Å². The van der Waals surface area contributed by atoms with Crippen LogP contribution in [0.15, 0.2) is 18.2 Å². The van der Waals surface area contributed by atoms with Gasteiger partial charge in [0.05, 0.1) is 0 Å². The standard InChI is InChI=1S/C18H27N5/c1-22-12-8-18(9-13-22,23-10-3-2-4-11-23)15-20-17-7-5-6-16(14-19)21-17/h5-7H,2-4,8-13,15H2,1H3,(H,20,21). The van der Waals surface area contributed by atoms with Crippen LogP contribution in [0.4, 0.5) is 5.82 Å². The quantitative estimate of drug-likeness (QED) is 0.924. The van der Waals surface area contributed by atoms with Gasteiger partial charge in [0.1, 0.15) is 17.6 Å². The van der Waals surface area contributed by atoms with E-state index in [9.17, 15) is 0 Å². The van der Waals surface area contributed by atoms with Crippen LogP contribution in [0, 0.1) is 11.3 Å². The van der Waals surface area contributed by atoms with Crippen LogP contribution in [0.1, 0.15) is 37.8 Å². The first-order valence-corrected chi connectivity index (χ1v) is 8.76. The van der Waals surface area contributed by atoms with Crippen LogP contribution in [0.25, 0.3) is 0 Å². The summed E-state index contributed by atoms with van der Waals surface area (Å²) in [4.78, 5) is 9.51. The van der Waals surface area contributed by atoms with Crippen molar-refractivity contribution in [1.29, 1.82) is 5.26 Å². The summed E-state index contributed by atoms with van der Waals surface area (Å²) in [5, 5.41) is 12.5. The minimum atomic E-state index is 0.233. The Kier molecular flexibility index (Phi) is 5.14. The summed E-state index contributed by atoms with van der Waals surface area (Å²) in [6, 6.07) is 7.72. The number of aromatic nitrogens is 1. The smallest absolute Gasteiger partial charge is 0.142 e. The largest absolute Gasteiger partial charge is 0.368 e. The topological polar surface area (TPSA) is 55.2 Å². The molecule has 2 saturated heterocycles. The van der Waals surface area contributed by atoms with Crippen molar-refractivity contribution in [2.45, 2.75) is 37.6 Å². The van der Waals surface area contributed by atoms with Crippen molar-refractivity contribution >= 4 is 5.82 Å². The molecule has 23 heavy (non-hydrogen) atoms. The molecule has 124 valence electrons. The molecular formula is C18H27N5. The Morgan fingerprint density at radius 2 is 1.91 bits per heavy atom. The van der Waals surface area contributed by atoms with E-state index in [1.54, 1.807) is 6.07 Å². The minimum Gasteiger partial charge on any atom is -0.368 e. The molecule has 2 fully saturated rings. The normalized spacial score (nSPS) is 22.4. The molecule has 1 aromatic rings.